The lowest BCUT2D eigenvalue weighted by atomic mass is 10.2. The number of hydrogen-bond acceptors (Lipinski definition) is 4. The van der Waals surface area contributed by atoms with Crippen molar-refractivity contribution in [3.05, 3.63) is 65.7 Å². The molecule has 1 heterocycles. The minimum absolute atomic E-state index is 0.00203. The average Bonchev–Trinajstić information content (AvgIpc) is 2.63. The molecule has 0 aliphatic carbocycles. The highest BCUT2D eigenvalue weighted by atomic mass is 19.1. The van der Waals surface area contributed by atoms with Gasteiger partial charge in [-0.3, -0.25) is 20.2 Å². The predicted octanol–water partition coefficient (Wildman–Crippen LogP) is 2.33. The Hall–Kier alpha value is -2.89. The van der Waals surface area contributed by atoms with Crippen molar-refractivity contribution in [1.82, 2.24) is 10.4 Å². The molecule has 1 aliphatic heterocycles. The molecule has 2 aromatic rings. The number of hydrogen-bond donors (Lipinski definition) is 1. The molecular formula is C18H18FN3O2. The Labute approximate surface area is 139 Å². The van der Waals surface area contributed by atoms with E-state index in [9.17, 15) is 9.18 Å². The van der Waals surface area contributed by atoms with E-state index in [0.29, 0.717) is 18.2 Å². The van der Waals surface area contributed by atoms with Crippen molar-refractivity contribution in [3.63, 3.8) is 0 Å². The van der Waals surface area contributed by atoms with Crippen LogP contribution in [0.25, 0.3) is 0 Å². The van der Waals surface area contributed by atoms with E-state index in [1.54, 1.807) is 0 Å². The van der Waals surface area contributed by atoms with E-state index in [1.807, 2.05) is 54.6 Å². The van der Waals surface area contributed by atoms with E-state index < -0.39 is 6.67 Å². The lowest BCUT2D eigenvalue weighted by Gasteiger charge is -2.27. The van der Waals surface area contributed by atoms with Crippen LogP contribution in [-0.4, -0.2) is 36.5 Å². The molecule has 0 aromatic heterocycles. The zero-order valence-electron chi connectivity index (χ0n) is 13.1. The third-order valence-corrected chi connectivity index (χ3v) is 3.58. The summed E-state index contributed by atoms with van der Waals surface area (Å²) in [5, 5.41) is 1.25. The Balaban J connectivity index is 1.70. The highest BCUT2D eigenvalue weighted by Crippen LogP contribution is 2.16. The minimum Gasteiger partial charge on any atom is -0.489 e. The molecule has 1 amide bonds. The number of carbonyl (C=O) groups excluding carboxylic acids is 1. The molecule has 5 nitrogen and oxygen atoms in total. The van der Waals surface area contributed by atoms with Gasteiger partial charge in [-0.15, -0.1) is 0 Å². The van der Waals surface area contributed by atoms with Gasteiger partial charge in [-0.25, -0.2) is 4.39 Å². The maximum absolute atomic E-state index is 12.5. The molecule has 0 atom stereocenters. The van der Waals surface area contributed by atoms with Crippen LogP contribution in [0.4, 0.5) is 4.39 Å². The van der Waals surface area contributed by atoms with Gasteiger partial charge < -0.3 is 4.74 Å². The first kappa shape index (κ1) is 16.0. The molecule has 0 saturated heterocycles. The Morgan fingerprint density at radius 1 is 1.17 bits per heavy atom. The lowest BCUT2D eigenvalue weighted by Crippen LogP contribution is -2.51. The molecule has 0 spiro atoms. The van der Waals surface area contributed by atoms with Gasteiger partial charge in [-0.2, -0.15) is 0 Å². The molecule has 1 N–H and O–H groups in total. The van der Waals surface area contributed by atoms with Gasteiger partial charge in [0, 0.05) is 5.56 Å². The van der Waals surface area contributed by atoms with Crippen molar-refractivity contribution >= 4 is 11.7 Å². The summed E-state index contributed by atoms with van der Waals surface area (Å²) in [7, 11) is 0. The summed E-state index contributed by atoms with van der Waals surface area (Å²) < 4.78 is 18.3. The molecule has 124 valence electrons. The quantitative estimate of drug-likeness (QED) is 0.886. The van der Waals surface area contributed by atoms with Gasteiger partial charge in [0.15, 0.2) is 0 Å². The number of alkyl halides is 1. The summed E-state index contributed by atoms with van der Waals surface area (Å²) in [5.41, 5.74) is 4.73. The van der Waals surface area contributed by atoms with Crippen LogP contribution in [0.15, 0.2) is 59.6 Å². The summed E-state index contributed by atoms with van der Waals surface area (Å²) >= 11 is 0. The normalized spacial score (nSPS) is 14.1. The standard InChI is InChI=1S/C18H18FN3O2/c19-9-10-22-17(23)12-20-18(21-22)15-7-4-8-16(11-15)24-13-14-5-2-1-3-6-14/h1-8,11H,9-10,12-13H2,(H,20,21). The number of amides is 1. The van der Waals surface area contributed by atoms with E-state index >= 15 is 0 Å². The molecule has 0 unspecified atom stereocenters. The number of halogens is 1. The molecule has 0 radical (unpaired) electrons. The van der Waals surface area contributed by atoms with Crippen LogP contribution < -0.4 is 10.2 Å². The molecule has 24 heavy (non-hydrogen) atoms. The fourth-order valence-corrected chi connectivity index (χ4v) is 2.35. The first-order chi connectivity index (χ1) is 11.8. The molecule has 0 saturated carbocycles. The number of amidine groups is 1. The summed E-state index contributed by atoms with van der Waals surface area (Å²) in [5.74, 6) is 0.996. The number of carbonyl (C=O) groups is 1. The predicted molar refractivity (Wildman–Crippen MR) is 89.4 cm³/mol. The molecular weight excluding hydrogens is 309 g/mol. The zero-order valence-corrected chi connectivity index (χ0v) is 13.1. The van der Waals surface area contributed by atoms with E-state index in [-0.39, 0.29) is 19.0 Å². The third-order valence-electron chi connectivity index (χ3n) is 3.58. The first-order valence-corrected chi connectivity index (χ1v) is 7.71. The summed E-state index contributed by atoms with van der Waals surface area (Å²) in [6.07, 6.45) is 0. The Morgan fingerprint density at radius 2 is 2.00 bits per heavy atom. The monoisotopic (exact) mass is 327 g/mol. The van der Waals surface area contributed by atoms with E-state index in [0.717, 1.165) is 11.1 Å². The van der Waals surface area contributed by atoms with E-state index in [1.165, 1.54) is 5.01 Å². The van der Waals surface area contributed by atoms with Gasteiger partial charge in [0.1, 0.15) is 31.4 Å². The van der Waals surface area contributed by atoms with Gasteiger partial charge >= 0.3 is 0 Å². The largest absolute Gasteiger partial charge is 0.489 e. The molecule has 3 rings (SSSR count). The van der Waals surface area contributed by atoms with Gasteiger partial charge in [0.2, 0.25) is 0 Å². The van der Waals surface area contributed by atoms with Crippen LogP contribution in [0.5, 0.6) is 5.75 Å². The third kappa shape index (κ3) is 3.90. The van der Waals surface area contributed by atoms with Crippen LogP contribution in [0, 0.1) is 0 Å². The Bertz CT molecular complexity index is 734. The van der Waals surface area contributed by atoms with Gasteiger partial charge in [0.25, 0.3) is 5.91 Å². The van der Waals surface area contributed by atoms with Crippen molar-refractivity contribution < 1.29 is 13.9 Å². The van der Waals surface area contributed by atoms with E-state index in [4.69, 9.17) is 4.74 Å². The average molecular weight is 327 g/mol. The second-order valence-electron chi connectivity index (χ2n) is 5.31. The number of benzene rings is 2. The van der Waals surface area contributed by atoms with Gasteiger partial charge in [0.05, 0.1) is 6.54 Å². The Kier molecular flexibility index (Phi) is 5.05. The molecule has 1 aliphatic rings. The van der Waals surface area contributed by atoms with Crippen molar-refractivity contribution in [2.24, 2.45) is 4.99 Å². The highest BCUT2D eigenvalue weighted by molar-refractivity contribution is 6.02. The molecule has 0 bridgehead atoms. The SMILES string of the molecule is O=C1CN=C(c2cccc(OCc3ccccc3)c2)NN1CCF. The van der Waals surface area contributed by atoms with Crippen molar-refractivity contribution in [2.75, 3.05) is 19.8 Å². The topological polar surface area (TPSA) is 53.9 Å². The molecule has 6 heteroatoms. The summed E-state index contributed by atoms with van der Waals surface area (Å²) in [6.45, 7) is -0.123. The van der Waals surface area contributed by atoms with Gasteiger partial charge in [-0.1, -0.05) is 42.5 Å². The number of nitrogens with zero attached hydrogens (tertiary/aromatic N) is 2. The smallest absolute Gasteiger partial charge is 0.262 e. The summed E-state index contributed by atoms with van der Waals surface area (Å²) in [4.78, 5) is 15.9. The number of ether oxygens (including phenoxy) is 1. The maximum atomic E-state index is 12.5. The number of nitrogens with one attached hydrogen (secondary N) is 1. The van der Waals surface area contributed by atoms with Crippen LogP contribution in [-0.2, 0) is 11.4 Å². The van der Waals surface area contributed by atoms with Crippen LogP contribution in [0.2, 0.25) is 0 Å². The zero-order chi connectivity index (χ0) is 16.8. The van der Waals surface area contributed by atoms with Crippen molar-refractivity contribution in [2.45, 2.75) is 6.61 Å². The van der Waals surface area contributed by atoms with E-state index in [2.05, 4.69) is 10.4 Å². The highest BCUT2D eigenvalue weighted by Gasteiger charge is 2.20. The Morgan fingerprint density at radius 3 is 2.79 bits per heavy atom. The lowest BCUT2D eigenvalue weighted by molar-refractivity contribution is -0.132. The number of hydrazine groups is 1. The fraction of sp³-hybridized carbons (Fsp3) is 0.222. The minimum atomic E-state index is -0.605. The van der Waals surface area contributed by atoms with Crippen molar-refractivity contribution in [3.8, 4) is 5.75 Å². The number of rotatable bonds is 6. The molecule has 2 aromatic carbocycles. The van der Waals surface area contributed by atoms with Crippen LogP contribution in [0.3, 0.4) is 0 Å². The fourth-order valence-electron chi connectivity index (χ4n) is 2.35. The first-order valence-electron chi connectivity index (χ1n) is 7.71. The van der Waals surface area contributed by atoms with Crippen LogP contribution >= 0.6 is 0 Å². The number of aliphatic imine (C=N–C) groups is 1. The second kappa shape index (κ2) is 7.59. The molecule has 0 fully saturated rings. The van der Waals surface area contributed by atoms with Gasteiger partial charge in [-0.05, 0) is 17.7 Å². The maximum Gasteiger partial charge on any atom is 0.262 e. The second-order valence-corrected chi connectivity index (χ2v) is 5.31. The van der Waals surface area contributed by atoms with Crippen LogP contribution in [0.1, 0.15) is 11.1 Å². The van der Waals surface area contributed by atoms with Crippen molar-refractivity contribution in [1.29, 1.82) is 0 Å². The summed E-state index contributed by atoms with van der Waals surface area (Å²) in [6, 6.07) is 17.3.